The van der Waals surface area contributed by atoms with E-state index in [2.05, 4.69) is 56.3 Å². The lowest BCUT2D eigenvalue weighted by molar-refractivity contribution is -0.145. The van der Waals surface area contributed by atoms with Crippen molar-refractivity contribution >= 4 is 68.2 Å². The second-order valence-corrected chi connectivity index (χ2v) is 23.9. The molecule has 2 aromatic carbocycles. The molecular formula is C54H68N14O8S. The summed E-state index contributed by atoms with van der Waals surface area (Å²) >= 11 is 0. The zero-order valence-electron chi connectivity index (χ0n) is 44.6. The molecule has 3 fully saturated rings. The van der Waals surface area contributed by atoms with Gasteiger partial charge in [-0.05, 0) is 97.9 Å². The van der Waals surface area contributed by atoms with E-state index in [1.165, 1.54) is 18.7 Å². The van der Waals surface area contributed by atoms with Gasteiger partial charge in [-0.1, -0.05) is 36.4 Å². The second-order valence-electron chi connectivity index (χ2n) is 21.2. The smallest absolute Gasteiger partial charge is 0.257 e. The van der Waals surface area contributed by atoms with Crippen molar-refractivity contribution in [1.82, 2.24) is 60.8 Å². The van der Waals surface area contributed by atoms with Gasteiger partial charge in [0.25, 0.3) is 5.91 Å². The lowest BCUT2D eigenvalue weighted by Crippen LogP contribution is -2.63. The molecule has 0 saturated carbocycles. The number of nitrogens with one attached hydrogen (secondary N) is 5. The maximum Gasteiger partial charge on any atom is 0.257 e. The van der Waals surface area contributed by atoms with Crippen molar-refractivity contribution in [3.63, 3.8) is 0 Å². The van der Waals surface area contributed by atoms with E-state index in [4.69, 9.17) is 4.74 Å². The molecule has 3 saturated heterocycles. The molecular weight excluding hydrogens is 1000 g/mol. The topological polar surface area (TPSA) is 270 Å². The minimum absolute atomic E-state index is 0.0585. The van der Waals surface area contributed by atoms with Crippen LogP contribution in [0.1, 0.15) is 86.1 Å². The number of nitrogens with zero attached hydrogens (tertiary/aromatic N) is 9. The number of aldehydes is 1. The molecule has 77 heavy (non-hydrogen) atoms. The number of anilines is 3. The highest BCUT2D eigenvalue weighted by Gasteiger charge is 2.48. The predicted molar refractivity (Wildman–Crippen MR) is 288 cm³/mol. The number of H-pyrrole nitrogens is 1. The third-order valence-electron chi connectivity index (χ3n) is 15.3. The molecule has 3 aliphatic heterocycles. The number of aryl methyl sites for hydroxylation is 1. The van der Waals surface area contributed by atoms with E-state index in [0.717, 1.165) is 23.1 Å². The number of amides is 4. The maximum atomic E-state index is 14.7. The molecule has 4 aliphatic rings. The fourth-order valence-corrected chi connectivity index (χ4v) is 11.7. The fraction of sp³-hybridized carbons (Fsp3) is 0.481. The molecule has 0 radical (unpaired) electrons. The summed E-state index contributed by atoms with van der Waals surface area (Å²) in [5.74, 6) is -0.104. The Hall–Kier alpha value is -7.37. The van der Waals surface area contributed by atoms with Gasteiger partial charge in [-0.15, -0.1) is 0 Å². The monoisotopic (exact) mass is 1070 g/mol. The highest BCUT2D eigenvalue weighted by atomic mass is 32.2. The molecule has 5 N–H and O–H groups in total. The molecule has 3 aromatic heterocycles. The Morgan fingerprint density at radius 1 is 0.974 bits per heavy atom. The average Bonchev–Trinajstić information content (AvgIpc) is 4.01. The standard InChI is InChI=1S/C54H68N14O8S/c1-33-34(2)63-64-46(33)61-47-39-26-45(77(74,75)53(4,5)6)44(27-41(39)58-32-59-47)76-25-11-19-65-21-23-66(24-22-65)52-56-28-37(29-57-52)50(72)67-20-17-38-15-16-43(68(38)51(73)42(30-67)60-48(70)35(3)55-7)49(71)62-54(31-69)18-10-13-36-12-8-9-14-40(36)54/h8-10,12,14,18,26-29,31-32,35,38,42-43,55H,11,13,15-17,19-25,30H2,1-7H3,(H,60,70)(H,62,71)(H2,58,59,61,63,64)/t35-,38+,42-,43-,54-/m0/s1. The summed E-state index contributed by atoms with van der Waals surface area (Å²) in [4.78, 5) is 94.8. The Labute approximate surface area is 448 Å². The van der Waals surface area contributed by atoms with Gasteiger partial charge in [0.15, 0.2) is 21.9 Å². The number of sulfone groups is 1. The van der Waals surface area contributed by atoms with Crippen LogP contribution in [0.15, 0.2) is 72.2 Å². The van der Waals surface area contributed by atoms with Crippen molar-refractivity contribution in [3.8, 4) is 5.75 Å². The van der Waals surface area contributed by atoms with Crippen LogP contribution in [0.3, 0.4) is 0 Å². The third kappa shape index (κ3) is 11.1. The van der Waals surface area contributed by atoms with E-state index in [0.29, 0.717) is 98.9 Å². The molecule has 408 valence electrons. The van der Waals surface area contributed by atoms with Gasteiger partial charge in [0.1, 0.15) is 40.4 Å². The van der Waals surface area contributed by atoms with Crippen molar-refractivity contribution in [3.05, 3.63) is 95.2 Å². The van der Waals surface area contributed by atoms with Crippen molar-refractivity contribution in [2.75, 3.05) is 69.7 Å². The molecule has 23 heteroatoms. The number of benzene rings is 2. The number of hydrogen-bond acceptors (Lipinski definition) is 17. The van der Waals surface area contributed by atoms with Crippen LogP contribution in [0.25, 0.3) is 10.9 Å². The summed E-state index contributed by atoms with van der Waals surface area (Å²) < 4.78 is 33.1. The summed E-state index contributed by atoms with van der Waals surface area (Å²) in [6, 6.07) is 7.54. The molecule has 0 spiro atoms. The van der Waals surface area contributed by atoms with Gasteiger partial charge in [-0.3, -0.25) is 34.0 Å². The Kier molecular flexibility index (Phi) is 15.8. The largest absolute Gasteiger partial charge is 0.492 e. The summed E-state index contributed by atoms with van der Waals surface area (Å²) in [6.45, 7) is 14.2. The molecule has 1 aliphatic carbocycles. The molecule has 5 aromatic rings. The number of aromatic amines is 1. The van der Waals surface area contributed by atoms with Gasteiger partial charge in [0.2, 0.25) is 23.7 Å². The van der Waals surface area contributed by atoms with Crippen molar-refractivity contribution in [2.24, 2.45) is 0 Å². The van der Waals surface area contributed by atoms with Gasteiger partial charge >= 0.3 is 0 Å². The number of allylic oxidation sites excluding steroid dienone is 1. The highest BCUT2D eigenvalue weighted by molar-refractivity contribution is 7.92. The first-order valence-electron chi connectivity index (χ1n) is 26.2. The zero-order valence-corrected chi connectivity index (χ0v) is 45.4. The Morgan fingerprint density at radius 2 is 1.73 bits per heavy atom. The van der Waals surface area contributed by atoms with Crippen LogP contribution >= 0.6 is 0 Å². The van der Waals surface area contributed by atoms with Crippen LogP contribution in [0.2, 0.25) is 0 Å². The molecule has 9 rings (SSSR count). The number of aromatic nitrogens is 6. The summed E-state index contributed by atoms with van der Waals surface area (Å²) in [7, 11) is -2.23. The number of carbonyl (C=O) groups is 5. The molecule has 0 bridgehead atoms. The summed E-state index contributed by atoms with van der Waals surface area (Å²) in [5.41, 5.74) is 2.75. The average molecular weight is 1070 g/mol. The number of likely N-dealkylation sites (N-methyl/N-ethyl adjacent to an activating group) is 1. The number of ether oxygens (including phenoxy) is 1. The van der Waals surface area contributed by atoms with E-state index in [9.17, 15) is 32.4 Å². The van der Waals surface area contributed by atoms with Gasteiger partial charge in [0.05, 0.1) is 35.0 Å². The second kappa shape index (κ2) is 22.3. The van der Waals surface area contributed by atoms with Gasteiger partial charge in [-0.25, -0.2) is 28.4 Å². The third-order valence-corrected chi connectivity index (χ3v) is 17.8. The summed E-state index contributed by atoms with van der Waals surface area (Å²) in [6.07, 6.45) is 11.1. The maximum absolute atomic E-state index is 14.7. The molecule has 6 heterocycles. The normalized spacial score (nSPS) is 21.4. The van der Waals surface area contributed by atoms with Gasteiger partial charge in [0, 0.05) is 80.4 Å². The van der Waals surface area contributed by atoms with Crippen molar-refractivity contribution in [1.29, 1.82) is 0 Å². The molecule has 0 unspecified atom stereocenters. The number of hydrogen-bond donors (Lipinski definition) is 5. The minimum Gasteiger partial charge on any atom is -0.492 e. The SMILES string of the molecule is CN[C@@H](C)C(=O)N[C@H]1CN(C(=O)c2cnc(N3CCN(CCCOc4cc5ncnc(Nc6n[nH]c(C)c6C)c5cc4S(=O)(=O)C(C)(C)C)CC3)nc2)CC[C@H]2CC[C@@H](C(=O)N[C@]3(C=O)C=CCc4ccccc43)N2C1=O. The van der Waals surface area contributed by atoms with Crippen LogP contribution in [0, 0.1) is 13.8 Å². The van der Waals surface area contributed by atoms with Crippen molar-refractivity contribution in [2.45, 2.75) is 113 Å². The van der Waals surface area contributed by atoms with Crippen LogP contribution in [0.5, 0.6) is 5.75 Å². The van der Waals surface area contributed by atoms with Crippen LogP contribution in [0.4, 0.5) is 17.6 Å². The Morgan fingerprint density at radius 3 is 2.43 bits per heavy atom. The quantitative estimate of drug-likeness (QED) is 0.0539. The van der Waals surface area contributed by atoms with E-state index in [1.54, 1.807) is 62.8 Å². The van der Waals surface area contributed by atoms with Crippen LogP contribution < -0.4 is 30.9 Å². The molecule has 5 atom stereocenters. The van der Waals surface area contributed by atoms with Crippen LogP contribution in [-0.4, -0.2) is 172 Å². The fourth-order valence-electron chi connectivity index (χ4n) is 10.4. The van der Waals surface area contributed by atoms with E-state index >= 15 is 0 Å². The minimum atomic E-state index is -3.86. The first-order chi connectivity index (χ1) is 36.8. The Bertz CT molecular complexity index is 3190. The molecule has 22 nitrogen and oxygen atoms in total. The predicted octanol–water partition coefficient (Wildman–Crippen LogP) is 3.29. The summed E-state index contributed by atoms with van der Waals surface area (Å²) in [5, 5.41) is 19.7. The molecule has 4 amide bonds. The van der Waals surface area contributed by atoms with E-state index < -0.39 is 67.9 Å². The Balaban J connectivity index is 0.813. The zero-order chi connectivity index (χ0) is 54.8. The van der Waals surface area contributed by atoms with Crippen LogP contribution in [-0.2, 0) is 41.0 Å². The first-order valence-corrected chi connectivity index (χ1v) is 27.7. The number of carbonyl (C=O) groups excluding carboxylic acids is 5. The number of rotatable bonds is 16. The highest BCUT2D eigenvalue weighted by Crippen LogP contribution is 2.38. The van der Waals surface area contributed by atoms with Gasteiger partial charge in [-0.2, -0.15) is 5.10 Å². The van der Waals surface area contributed by atoms with E-state index in [1.807, 2.05) is 49.1 Å². The lowest BCUT2D eigenvalue weighted by atomic mass is 9.82. The lowest BCUT2D eigenvalue weighted by Gasteiger charge is -2.40. The van der Waals surface area contributed by atoms with E-state index in [-0.39, 0.29) is 35.9 Å². The number of fused-ring (bicyclic) bond motifs is 3. The first kappa shape index (κ1) is 54.4. The van der Waals surface area contributed by atoms with Gasteiger partial charge < -0.3 is 40.7 Å². The number of piperazine rings is 1. The van der Waals surface area contributed by atoms with Crippen molar-refractivity contribution < 1.29 is 37.1 Å².